The Morgan fingerprint density at radius 2 is 1.47 bits per heavy atom. The summed E-state index contributed by atoms with van der Waals surface area (Å²) in [6, 6.07) is 28.9. The van der Waals surface area contributed by atoms with E-state index in [-0.39, 0.29) is 16.6 Å². The van der Waals surface area contributed by atoms with Crippen LogP contribution in [0.4, 0.5) is 5.69 Å². The Balaban J connectivity index is 1.45. The Kier molecular flexibility index (Phi) is 7.03. The normalized spacial score (nSPS) is 18.2. The van der Waals surface area contributed by atoms with Crippen LogP contribution in [0, 0.1) is 5.92 Å². The number of rotatable bonds is 8. The molecule has 1 aliphatic rings. The molecule has 1 aliphatic heterocycles. The molecule has 3 N–H and O–H groups in total. The third kappa shape index (κ3) is 5.06. The fourth-order valence-corrected chi connectivity index (χ4v) is 5.58. The maximum atomic E-state index is 13.3. The van der Waals surface area contributed by atoms with Gasteiger partial charge in [0.1, 0.15) is 5.75 Å². The molecule has 0 aliphatic carbocycles. The lowest BCUT2D eigenvalue weighted by molar-refractivity contribution is -0.131. The van der Waals surface area contributed by atoms with Crippen molar-refractivity contribution in [3.63, 3.8) is 0 Å². The molecule has 1 heterocycles. The maximum absolute atomic E-state index is 13.3. The van der Waals surface area contributed by atoms with Crippen LogP contribution >= 0.6 is 0 Å². The summed E-state index contributed by atoms with van der Waals surface area (Å²) in [5.41, 5.74) is 3.13. The first-order valence-corrected chi connectivity index (χ1v) is 13.7. The van der Waals surface area contributed by atoms with Crippen LogP contribution in [0.25, 0.3) is 11.1 Å². The van der Waals surface area contributed by atoms with Gasteiger partial charge in [-0.3, -0.25) is 9.35 Å². The first-order valence-electron chi connectivity index (χ1n) is 12.3. The van der Waals surface area contributed by atoms with Crippen LogP contribution in [0.15, 0.2) is 108 Å². The first kappa shape index (κ1) is 25.7. The molecule has 4 aromatic rings. The molecule has 4 aromatic carbocycles. The van der Waals surface area contributed by atoms with Gasteiger partial charge in [-0.25, -0.2) is 0 Å². The van der Waals surface area contributed by atoms with E-state index in [1.54, 1.807) is 23.1 Å². The number of para-hydroxylation sites is 1. The van der Waals surface area contributed by atoms with Gasteiger partial charge in [0.05, 0.1) is 23.0 Å². The maximum Gasteiger partial charge on any atom is 0.294 e. The molecular formula is C30H27NO6S. The molecule has 7 nitrogen and oxygen atoms in total. The number of hydrogen-bond acceptors (Lipinski definition) is 5. The third-order valence-electron chi connectivity index (χ3n) is 7.00. The van der Waals surface area contributed by atoms with Gasteiger partial charge in [-0.2, -0.15) is 8.42 Å². The molecule has 1 saturated heterocycles. The summed E-state index contributed by atoms with van der Waals surface area (Å²) in [5, 5.41) is 21.8. The van der Waals surface area contributed by atoms with Crippen LogP contribution in [-0.2, 0) is 14.9 Å². The Bertz CT molecular complexity index is 1560. The third-order valence-corrected chi connectivity index (χ3v) is 7.85. The number of carbonyl (C=O) groups excluding carboxylic acids is 1. The molecular weight excluding hydrogens is 502 g/mol. The number of anilines is 1. The molecule has 0 saturated carbocycles. The van der Waals surface area contributed by atoms with E-state index in [2.05, 4.69) is 0 Å². The van der Waals surface area contributed by atoms with Crippen molar-refractivity contribution in [2.75, 3.05) is 4.90 Å². The number of aliphatic hydroxyl groups is 1. The monoisotopic (exact) mass is 529 g/mol. The van der Waals surface area contributed by atoms with E-state index in [1.807, 2.05) is 60.7 Å². The number of phenolic OH excluding ortho intramolecular Hbond substituents is 1. The van der Waals surface area contributed by atoms with Crippen molar-refractivity contribution < 1.29 is 28.0 Å². The molecule has 0 aromatic heterocycles. The van der Waals surface area contributed by atoms with E-state index in [9.17, 15) is 28.0 Å². The minimum atomic E-state index is -4.37. The van der Waals surface area contributed by atoms with Gasteiger partial charge in [-0.15, -0.1) is 0 Å². The lowest BCUT2D eigenvalue weighted by atomic mass is 9.77. The molecule has 38 heavy (non-hydrogen) atoms. The van der Waals surface area contributed by atoms with Gasteiger partial charge in [0.2, 0.25) is 5.91 Å². The second kappa shape index (κ2) is 10.4. The van der Waals surface area contributed by atoms with Gasteiger partial charge in [-0.05, 0) is 59.9 Å². The Hall–Kier alpha value is -3.98. The number of carbonyl (C=O) groups is 1. The van der Waals surface area contributed by atoms with Crippen LogP contribution in [0.1, 0.15) is 36.1 Å². The Labute approximate surface area is 221 Å². The summed E-state index contributed by atoms with van der Waals surface area (Å²) in [6.07, 6.45) is 0.114. The zero-order valence-electron chi connectivity index (χ0n) is 20.4. The smallest absolute Gasteiger partial charge is 0.294 e. The molecule has 8 heteroatoms. The molecule has 1 amide bonds. The molecule has 194 valence electrons. The van der Waals surface area contributed by atoms with E-state index in [0.717, 1.165) is 5.56 Å². The number of phenols is 1. The highest BCUT2D eigenvalue weighted by Gasteiger charge is 2.49. The number of β-lactam (4-membered cyclic amide) rings is 1. The van der Waals surface area contributed by atoms with E-state index in [0.29, 0.717) is 35.2 Å². The van der Waals surface area contributed by atoms with Gasteiger partial charge < -0.3 is 15.1 Å². The van der Waals surface area contributed by atoms with Crippen molar-refractivity contribution in [2.24, 2.45) is 5.92 Å². The number of nitrogens with zero attached hydrogens (tertiary/aromatic N) is 1. The molecule has 5 rings (SSSR count). The van der Waals surface area contributed by atoms with Crippen LogP contribution in [-0.4, -0.2) is 29.1 Å². The van der Waals surface area contributed by atoms with Gasteiger partial charge >= 0.3 is 0 Å². The highest BCUT2D eigenvalue weighted by molar-refractivity contribution is 7.85. The number of hydrogen-bond donors (Lipinski definition) is 3. The van der Waals surface area contributed by atoms with Crippen molar-refractivity contribution in [1.29, 1.82) is 0 Å². The number of amides is 1. The number of aromatic hydroxyl groups is 1. The Morgan fingerprint density at radius 1 is 0.816 bits per heavy atom. The predicted molar refractivity (Wildman–Crippen MR) is 144 cm³/mol. The fourth-order valence-electron chi connectivity index (χ4n) is 5.05. The van der Waals surface area contributed by atoms with Crippen molar-refractivity contribution in [1.82, 2.24) is 0 Å². The zero-order chi connectivity index (χ0) is 26.9. The van der Waals surface area contributed by atoms with Crippen molar-refractivity contribution in [3.8, 4) is 16.9 Å². The molecule has 0 spiro atoms. The standard InChI is InChI=1S/C30H27NO6S/c32-27(20-8-3-1-4-9-20)17-16-26-29(31(30(26)34)23-11-5-2-6-12-23)25-15-14-22(19-28(25)33)21-10-7-13-24(18-21)38(35,36)37/h1-15,18-19,26-27,29,32-33H,16-17H2,(H,35,36,37). The summed E-state index contributed by atoms with van der Waals surface area (Å²) < 4.78 is 32.5. The van der Waals surface area contributed by atoms with Crippen LogP contribution in [0.2, 0.25) is 0 Å². The highest BCUT2D eigenvalue weighted by atomic mass is 32.2. The second-order valence-corrected chi connectivity index (χ2v) is 10.8. The highest BCUT2D eigenvalue weighted by Crippen LogP contribution is 2.49. The predicted octanol–water partition coefficient (Wildman–Crippen LogP) is 5.52. The lowest BCUT2D eigenvalue weighted by Gasteiger charge is -2.48. The fraction of sp³-hybridized carbons (Fsp3) is 0.167. The van der Waals surface area contributed by atoms with Crippen LogP contribution < -0.4 is 4.90 Å². The van der Waals surface area contributed by atoms with Gasteiger partial charge in [0, 0.05) is 11.3 Å². The minimum absolute atomic E-state index is 0.0354. The molecule has 3 unspecified atom stereocenters. The molecule has 1 fully saturated rings. The number of aliphatic hydroxyl groups excluding tert-OH is 1. The summed E-state index contributed by atoms with van der Waals surface area (Å²) in [6.45, 7) is 0. The van der Waals surface area contributed by atoms with E-state index >= 15 is 0 Å². The minimum Gasteiger partial charge on any atom is -0.508 e. The Morgan fingerprint density at radius 3 is 2.13 bits per heavy atom. The van der Waals surface area contributed by atoms with E-state index < -0.39 is 28.2 Å². The van der Waals surface area contributed by atoms with Crippen LogP contribution in [0.3, 0.4) is 0 Å². The van der Waals surface area contributed by atoms with Gasteiger partial charge in [-0.1, -0.05) is 72.8 Å². The quantitative estimate of drug-likeness (QED) is 0.204. The molecule has 3 atom stereocenters. The van der Waals surface area contributed by atoms with E-state index in [1.165, 1.54) is 24.3 Å². The summed E-state index contributed by atoms with van der Waals surface area (Å²) in [7, 11) is -4.37. The summed E-state index contributed by atoms with van der Waals surface area (Å²) in [4.78, 5) is 14.7. The largest absolute Gasteiger partial charge is 0.508 e. The summed E-state index contributed by atoms with van der Waals surface area (Å²) in [5.74, 6) is -0.550. The van der Waals surface area contributed by atoms with Crippen molar-refractivity contribution >= 4 is 21.7 Å². The molecule has 0 radical (unpaired) electrons. The molecule has 0 bridgehead atoms. The topological polar surface area (TPSA) is 115 Å². The second-order valence-electron chi connectivity index (χ2n) is 9.38. The van der Waals surface area contributed by atoms with Gasteiger partial charge in [0.15, 0.2) is 0 Å². The lowest BCUT2D eigenvalue weighted by Crippen LogP contribution is -2.55. The zero-order valence-corrected chi connectivity index (χ0v) is 21.2. The average molecular weight is 530 g/mol. The number of benzene rings is 4. The SMILES string of the molecule is O=C1C(CCC(O)c2ccccc2)C(c2ccc(-c3cccc(S(=O)(=O)O)c3)cc2O)N1c1ccccc1. The van der Waals surface area contributed by atoms with Crippen LogP contribution in [0.5, 0.6) is 5.75 Å². The van der Waals surface area contributed by atoms with E-state index in [4.69, 9.17) is 0 Å². The first-order chi connectivity index (χ1) is 18.2. The van der Waals surface area contributed by atoms with Crippen molar-refractivity contribution in [3.05, 3.63) is 114 Å². The van der Waals surface area contributed by atoms with Gasteiger partial charge in [0.25, 0.3) is 10.1 Å². The average Bonchev–Trinajstić information content (AvgIpc) is 2.92. The summed E-state index contributed by atoms with van der Waals surface area (Å²) >= 11 is 0. The van der Waals surface area contributed by atoms with Crippen molar-refractivity contribution in [2.45, 2.75) is 29.9 Å².